The van der Waals surface area contributed by atoms with Crippen LogP contribution in [0.2, 0.25) is 0 Å². The highest BCUT2D eigenvalue weighted by Crippen LogP contribution is 2.44. The standard InChI is InChI=1S/3C12H10S.3C3H2F6O3S/c3*1-3-7-11(8-4-1)13-12-9-5-2-6-10-12;3*4-1(5)2(6,7)3(8,9)13(10,11)12/h3*1-10H;3*1H,(H,10,11,12). The molecule has 0 aliphatic heterocycles. The lowest BCUT2D eigenvalue weighted by Crippen LogP contribution is -2.51. The molecule has 0 aliphatic rings. The lowest BCUT2D eigenvalue weighted by molar-refractivity contribution is -0.227. The fraction of sp³-hybridized carbons (Fsp3) is 0.200. The Labute approximate surface area is 445 Å². The first-order valence-corrected chi connectivity index (χ1v) is 26.8. The minimum Gasteiger partial charge on any atom is -0.281 e. The van der Waals surface area contributed by atoms with Crippen LogP contribution < -0.4 is 0 Å². The van der Waals surface area contributed by atoms with Crippen LogP contribution in [0.3, 0.4) is 0 Å². The van der Waals surface area contributed by atoms with Crippen molar-refractivity contribution in [3.63, 3.8) is 0 Å². The quantitative estimate of drug-likeness (QED) is 0.0660. The van der Waals surface area contributed by atoms with Crippen LogP contribution in [-0.4, -0.2) is 91.7 Å². The molecule has 0 saturated carbocycles. The molecule has 0 fully saturated rings. The van der Waals surface area contributed by atoms with Crippen molar-refractivity contribution in [2.75, 3.05) is 0 Å². The molecule has 6 rings (SSSR count). The maximum absolute atomic E-state index is 11.9. The molecule has 0 unspecified atom stereocenters. The van der Waals surface area contributed by atoms with E-state index in [-0.39, 0.29) is 0 Å². The Morgan fingerprint density at radius 2 is 0.385 bits per heavy atom. The Morgan fingerprint density at radius 1 is 0.269 bits per heavy atom. The second-order valence-corrected chi connectivity index (χ2v) is 21.8. The molecule has 6 aromatic rings. The van der Waals surface area contributed by atoms with Gasteiger partial charge < -0.3 is 0 Å². The molecule has 0 radical (unpaired) electrons. The Kier molecular flexibility index (Phi) is 27.6. The summed E-state index contributed by atoms with van der Waals surface area (Å²) in [6.45, 7) is 0. The average molecular weight is 1260 g/mol. The van der Waals surface area contributed by atoms with E-state index >= 15 is 0 Å². The summed E-state index contributed by atoms with van der Waals surface area (Å²) in [4.78, 5) is 7.72. The monoisotopic (exact) mass is 1250 g/mol. The third kappa shape index (κ3) is 21.5. The van der Waals surface area contributed by atoms with Gasteiger partial charge in [-0.25, -0.2) is 26.3 Å². The second kappa shape index (κ2) is 30.4. The van der Waals surface area contributed by atoms with Gasteiger partial charge in [0.25, 0.3) is 0 Å². The molecule has 0 heterocycles. The van der Waals surface area contributed by atoms with Crippen molar-refractivity contribution in [3.05, 3.63) is 182 Å². The van der Waals surface area contributed by atoms with Crippen LogP contribution >= 0.6 is 35.3 Å². The van der Waals surface area contributed by atoms with E-state index in [1.165, 1.54) is 29.4 Å². The van der Waals surface area contributed by atoms with Gasteiger partial charge in [0, 0.05) is 29.4 Å². The van der Waals surface area contributed by atoms with Crippen LogP contribution in [0.25, 0.3) is 0 Å². The highest BCUT2D eigenvalue weighted by atomic mass is 32.2. The van der Waals surface area contributed by atoms with Crippen LogP contribution in [0.5, 0.6) is 0 Å². The molecule has 0 bridgehead atoms. The van der Waals surface area contributed by atoms with Gasteiger partial charge in [0.15, 0.2) is 0 Å². The zero-order valence-electron chi connectivity index (χ0n) is 38.1. The normalized spacial score (nSPS) is 12.5. The zero-order valence-corrected chi connectivity index (χ0v) is 43.0. The van der Waals surface area contributed by atoms with Gasteiger partial charge >= 0.3 is 83.2 Å². The Balaban J connectivity index is 0.000000468. The summed E-state index contributed by atoms with van der Waals surface area (Å²) in [5.41, 5.74) is 0. The van der Waals surface area contributed by atoms with Crippen molar-refractivity contribution >= 4 is 65.6 Å². The summed E-state index contributed by atoms with van der Waals surface area (Å²) in [6, 6.07) is 62.4. The smallest absolute Gasteiger partial charge is 0.281 e. The number of hydrogen-bond acceptors (Lipinski definition) is 9. The van der Waals surface area contributed by atoms with Gasteiger partial charge in [-0.15, -0.1) is 0 Å². The molecule has 0 atom stereocenters. The predicted octanol–water partition coefficient (Wildman–Crippen LogP) is 15.6. The number of halogens is 18. The van der Waals surface area contributed by atoms with Gasteiger partial charge in [0.1, 0.15) is 0 Å². The molecular formula is C45H36F18O9S6. The predicted molar refractivity (Wildman–Crippen MR) is 253 cm³/mol. The fourth-order valence-electron chi connectivity index (χ4n) is 4.24. The third-order valence-corrected chi connectivity index (χ3v) is 13.9. The van der Waals surface area contributed by atoms with Crippen molar-refractivity contribution in [1.29, 1.82) is 0 Å². The molecule has 78 heavy (non-hydrogen) atoms. The van der Waals surface area contributed by atoms with Gasteiger partial charge in [-0.1, -0.05) is 144 Å². The number of rotatable bonds is 15. The fourth-order valence-corrected chi connectivity index (χ4v) is 8.11. The van der Waals surface area contributed by atoms with E-state index in [1.54, 1.807) is 35.3 Å². The van der Waals surface area contributed by atoms with Crippen LogP contribution in [0, 0.1) is 0 Å². The maximum Gasteiger partial charge on any atom is 0.437 e. The van der Waals surface area contributed by atoms with Crippen molar-refractivity contribution in [1.82, 2.24) is 0 Å². The maximum atomic E-state index is 11.9. The van der Waals surface area contributed by atoms with Crippen LogP contribution in [-0.2, 0) is 30.4 Å². The first kappa shape index (κ1) is 70.9. The number of hydrogen-bond donors (Lipinski definition) is 3. The first-order chi connectivity index (χ1) is 35.7. The minimum absolute atomic E-state index is 1.29. The van der Waals surface area contributed by atoms with E-state index in [0.29, 0.717) is 0 Å². The Hall–Kier alpha value is -5.16. The summed E-state index contributed by atoms with van der Waals surface area (Å²) in [5.74, 6) is -18.4. The summed E-state index contributed by atoms with van der Waals surface area (Å²) < 4.78 is 290. The SMILES string of the molecule is O=S(=O)(O)C(F)(F)C(F)(F)C(F)F.O=S(=O)(O)C(F)(F)C(F)(F)C(F)F.O=S(=O)(O)C(F)(F)C(F)(F)C(F)F.c1ccc(Sc2ccccc2)cc1.c1ccc(Sc2ccccc2)cc1.c1ccc(Sc2ccccc2)cc1. The molecule has 9 nitrogen and oxygen atoms in total. The third-order valence-electron chi connectivity index (χ3n) is 8.12. The summed E-state index contributed by atoms with van der Waals surface area (Å²) >= 11 is 5.36. The Bertz CT molecular complexity index is 2560. The van der Waals surface area contributed by atoms with Gasteiger partial charge in [0.05, 0.1) is 0 Å². The van der Waals surface area contributed by atoms with Crippen molar-refractivity contribution in [3.8, 4) is 0 Å². The van der Waals surface area contributed by atoms with Crippen molar-refractivity contribution < 1.29 is 118 Å². The molecular weight excluding hydrogens is 1220 g/mol. The molecule has 0 spiro atoms. The van der Waals surface area contributed by atoms with Gasteiger partial charge in [-0.3, -0.25) is 13.7 Å². The lowest BCUT2D eigenvalue weighted by atomic mass is 10.4. The second-order valence-electron chi connectivity index (χ2n) is 13.9. The molecule has 432 valence electrons. The molecule has 0 saturated heterocycles. The van der Waals surface area contributed by atoms with Gasteiger partial charge in [-0.2, -0.15) is 77.9 Å². The van der Waals surface area contributed by atoms with E-state index < -0.39 is 83.2 Å². The van der Waals surface area contributed by atoms with Crippen molar-refractivity contribution in [2.24, 2.45) is 0 Å². The highest BCUT2D eigenvalue weighted by molar-refractivity contribution is 8.00. The minimum atomic E-state index is -6.57. The van der Waals surface area contributed by atoms with Crippen LogP contribution in [0.15, 0.2) is 211 Å². The summed E-state index contributed by atoms with van der Waals surface area (Å²) in [6.07, 6.45) is -14.7. The van der Waals surface area contributed by atoms with Crippen LogP contribution in [0.1, 0.15) is 0 Å². The summed E-state index contributed by atoms with van der Waals surface area (Å²) in [5, 5.41) is -18.6. The lowest BCUT2D eigenvalue weighted by Gasteiger charge is -2.22. The topological polar surface area (TPSA) is 163 Å². The van der Waals surface area contributed by atoms with E-state index in [1.807, 2.05) is 36.4 Å². The number of benzene rings is 6. The van der Waals surface area contributed by atoms with Crippen LogP contribution in [0.4, 0.5) is 79.0 Å². The van der Waals surface area contributed by atoms with E-state index in [9.17, 15) is 104 Å². The first-order valence-electron chi connectivity index (χ1n) is 20.0. The van der Waals surface area contributed by atoms with Gasteiger partial charge in [-0.05, 0) is 72.8 Å². The van der Waals surface area contributed by atoms with Gasteiger partial charge in [0.2, 0.25) is 0 Å². The summed E-state index contributed by atoms with van der Waals surface area (Å²) in [7, 11) is -19.7. The molecule has 3 N–H and O–H groups in total. The van der Waals surface area contributed by atoms with Crippen molar-refractivity contribution in [2.45, 2.75) is 82.2 Å². The largest absolute Gasteiger partial charge is 0.437 e. The average Bonchev–Trinajstić information content (AvgIpc) is 3.35. The van der Waals surface area contributed by atoms with E-state index in [0.717, 1.165) is 0 Å². The Morgan fingerprint density at radius 3 is 0.462 bits per heavy atom. The molecule has 6 aromatic carbocycles. The molecule has 0 aromatic heterocycles. The van der Waals surface area contributed by atoms with E-state index in [4.69, 9.17) is 13.7 Å². The highest BCUT2D eigenvalue weighted by Gasteiger charge is 2.72. The molecule has 33 heteroatoms. The molecule has 0 amide bonds. The number of alkyl halides is 18. The van der Waals surface area contributed by atoms with E-state index in [2.05, 4.69) is 146 Å². The molecule has 0 aliphatic carbocycles. The zero-order chi connectivity index (χ0) is 60.0.